The summed E-state index contributed by atoms with van der Waals surface area (Å²) < 4.78 is 6.04. The van der Waals surface area contributed by atoms with Gasteiger partial charge in [-0.2, -0.15) is 0 Å². The third-order valence-electron chi connectivity index (χ3n) is 4.89. The molecule has 0 aliphatic carbocycles. The maximum Gasteiger partial charge on any atom is 0.166 e. The van der Waals surface area contributed by atoms with Gasteiger partial charge in [0.1, 0.15) is 6.10 Å². The number of hydrogen-bond acceptors (Lipinski definition) is 6. The fraction of sp³-hybridized carbons (Fsp3) is 0.333. The normalized spacial score (nSPS) is 16.3. The summed E-state index contributed by atoms with van der Waals surface area (Å²) in [6.07, 6.45) is 6.46. The number of benzene rings is 1. The predicted molar refractivity (Wildman–Crippen MR) is 120 cm³/mol. The summed E-state index contributed by atoms with van der Waals surface area (Å²) in [4.78, 5) is 4.24. The first kappa shape index (κ1) is 21.4. The lowest BCUT2D eigenvalue weighted by atomic mass is 10.1. The molecule has 29 heavy (non-hydrogen) atoms. The molecule has 1 aromatic heterocycles. The van der Waals surface area contributed by atoms with Crippen LogP contribution in [-0.4, -0.2) is 30.3 Å². The zero-order chi connectivity index (χ0) is 20.8. The first-order chi connectivity index (χ1) is 14.0. The van der Waals surface area contributed by atoms with Crippen LogP contribution in [0.3, 0.4) is 0 Å². The van der Waals surface area contributed by atoms with Crippen LogP contribution in [0.4, 0.5) is 5.82 Å². The van der Waals surface area contributed by atoms with Gasteiger partial charge in [0.2, 0.25) is 0 Å². The van der Waals surface area contributed by atoms with E-state index in [4.69, 9.17) is 39.1 Å². The summed E-state index contributed by atoms with van der Waals surface area (Å²) in [5, 5.41) is 15.6. The number of ether oxygens (including phenoxy) is 1. The molecule has 1 aromatic carbocycles. The zero-order valence-electron chi connectivity index (χ0n) is 16.2. The number of nitrogens with one attached hydrogen (secondary N) is 3. The van der Waals surface area contributed by atoms with Crippen LogP contribution in [-0.2, 0) is 0 Å². The van der Waals surface area contributed by atoms with Crippen LogP contribution < -0.4 is 21.1 Å². The third-order valence-corrected chi connectivity index (χ3v) is 5.55. The minimum Gasteiger partial charge on any atom is -0.482 e. The highest BCUT2D eigenvalue weighted by atomic mass is 35.5. The van der Waals surface area contributed by atoms with E-state index in [1.54, 1.807) is 30.5 Å². The molecule has 2 heterocycles. The second kappa shape index (κ2) is 9.96. The molecule has 0 radical (unpaired) electrons. The summed E-state index contributed by atoms with van der Waals surface area (Å²) in [7, 11) is 0. The van der Waals surface area contributed by atoms with Crippen LogP contribution in [0.1, 0.15) is 37.0 Å². The van der Waals surface area contributed by atoms with Gasteiger partial charge >= 0.3 is 0 Å². The number of anilines is 1. The maximum atomic E-state index is 7.79. The van der Waals surface area contributed by atoms with E-state index < -0.39 is 6.10 Å². The minimum absolute atomic E-state index is 0.263. The number of nitrogens with two attached hydrogens (primary N) is 1. The molecule has 1 fully saturated rings. The van der Waals surface area contributed by atoms with Crippen LogP contribution in [0.5, 0.6) is 5.75 Å². The Morgan fingerprint density at radius 1 is 1.34 bits per heavy atom. The predicted octanol–water partition coefficient (Wildman–Crippen LogP) is 4.44. The quantitative estimate of drug-likeness (QED) is 0.483. The van der Waals surface area contributed by atoms with Crippen LogP contribution in [0.25, 0.3) is 5.57 Å². The smallest absolute Gasteiger partial charge is 0.166 e. The zero-order valence-corrected chi connectivity index (χ0v) is 17.7. The molecule has 6 nitrogen and oxygen atoms in total. The fourth-order valence-corrected chi connectivity index (χ4v) is 3.97. The first-order valence-electron chi connectivity index (χ1n) is 9.53. The van der Waals surface area contributed by atoms with Crippen LogP contribution >= 0.6 is 23.2 Å². The van der Waals surface area contributed by atoms with E-state index in [1.165, 1.54) is 6.21 Å². The Kier molecular flexibility index (Phi) is 7.36. The molecular formula is C21H25Cl2N5O. The lowest BCUT2D eigenvalue weighted by molar-refractivity contribution is 0.228. The summed E-state index contributed by atoms with van der Waals surface area (Å²) >= 11 is 12.6. The third kappa shape index (κ3) is 5.41. The summed E-state index contributed by atoms with van der Waals surface area (Å²) in [6, 6.07) is 7.50. The van der Waals surface area contributed by atoms with Crippen molar-refractivity contribution in [1.82, 2.24) is 15.6 Å². The topological polar surface area (TPSA) is 96.0 Å². The molecule has 1 unspecified atom stereocenters. The minimum atomic E-state index is -0.421. The van der Waals surface area contributed by atoms with Crippen molar-refractivity contribution in [3.63, 3.8) is 0 Å². The Morgan fingerprint density at radius 2 is 2.03 bits per heavy atom. The van der Waals surface area contributed by atoms with Gasteiger partial charge in [0.25, 0.3) is 0 Å². The fourth-order valence-electron chi connectivity index (χ4n) is 3.26. The van der Waals surface area contributed by atoms with Gasteiger partial charge in [-0.3, -0.25) is 0 Å². The standard InChI is InChI=1S/C21H25Cl2N5O/c1-13(20-17(22)3-2-4-18(20)23)29-19-9-14(11-28-21(19)25)15(10-24)12-27-16-5-7-26-8-6-16/h2-4,9-13,16,24,26-27H,5-8H2,1H3,(H2,25,28)/b15-12+,24-10?. The highest BCUT2D eigenvalue weighted by Gasteiger charge is 2.18. The molecular weight excluding hydrogens is 409 g/mol. The van der Waals surface area contributed by atoms with Crippen LogP contribution in [0.15, 0.2) is 36.7 Å². The number of allylic oxidation sites excluding steroid dienone is 1. The second-order valence-electron chi connectivity index (χ2n) is 6.94. The van der Waals surface area contributed by atoms with Crippen molar-refractivity contribution in [3.05, 3.63) is 57.8 Å². The van der Waals surface area contributed by atoms with Crippen molar-refractivity contribution in [2.24, 2.45) is 0 Å². The number of piperidine rings is 1. The number of pyridine rings is 1. The van der Waals surface area contributed by atoms with Crippen LogP contribution in [0, 0.1) is 5.41 Å². The summed E-state index contributed by atoms with van der Waals surface area (Å²) in [5.74, 6) is 0.681. The number of nitrogen functional groups attached to an aromatic ring is 1. The van der Waals surface area contributed by atoms with Crippen molar-refractivity contribution in [3.8, 4) is 5.75 Å². The molecule has 1 aliphatic rings. The number of rotatable bonds is 7. The van der Waals surface area contributed by atoms with Gasteiger partial charge in [-0.05, 0) is 51.1 Å². The van der Waals surface area contributed by atoms with Gasteiger partial charge in [-0.25, -0.2) is 4.98 Å². The van der Waals surface area contributed by atoms with Crippen molar-refractivity contribution >= 4 is 40.8 Å². The average molecular weight is 434 g/mol. The highest BCUT2D eigenvalue weighted by Crippen LogP contribution is 2.35. The van der Waals surface area contributed by atoms with E-state index in [-0.39, 0.29) is 5.82 Å². The molecule has 8 heteroatoms. The molecule has 1 saturated heterocycles. The number of nitrogens with zero attached hydrogens (tertiary/aromatic N) is 1. The van der Waals surface area contributed by atoms with Gasteiger partial charge < -0.3 is 26.5 Å². The number of halogens is 2. The first-order valence-corrected chi connectivity index (χ1v) is 10.3. The van der Waals surface area contributed by atoms with E-state index in [0.717, 1.165) is 31.5 Å². The molecule has 154 valence electrons. The molecule has 5 N–H and O–H groups in total. The van der Waals surface area contributed by atoms with Gasteiger partial charge in [0.05, 0.1) is 0 Å². The molecule has 0 bridgehead atoms. The summed E-state index contributed by atoms with van der Waals surface area (Å²) in [5.41, 5.74) is 8.15. The van der Waals surface area contributed by atoms with E-state index in [1.807, 2.05) is 13.1 Å². The summed E-state index contributed by atoms with van der Waals surface area (Å²) in [6.45, 7) is 3.84. The Hall–Kier alpha value is -2.28. The number of aromatic nitrogens is 1. The molecule has 3 rings (SSSR count). The van der Waals surface area contributed by atoms with E-state index in [2.05, 4.69) is 15.6 Å². The average Bonchev–Trinajstić information content (AvgIpc) is 2.71. The lowest BCUT2D eigenvalue weighted by Crippen LogP contribution is -2.37. The van der Waals surface area contributed by atoms with E-state index in [9.17, 15) is 0 Å². The van der Waals surface area contributed by atoms with E-state index >= 15 is 0 Å². The molecule has 1 aliphatic heterocycles. The maximum absolute atomic E-state index is 7.79. The Bertz CT molecular complexity index is 876. The van der Waals surface area contributed by atoms with Gasteiger partial charge in [-0.15, -0.1) is 0 Å². The largest absolute Gasteiger partial charge is 0.482 e. The molecule has 1 atom stereocenters. The Balaban J connectivity index is 1.80. The Labute approximate surface area is 181 Å². The number of hydrogen-bond donors (Lipinski definition) is 4. The van der Waals surface area contributed by atoms with Gasteiger partial charge in [-0.1, -0.05) is 29.3 Å². The van der Waals surface area contributed by atoms with E-state index in [0.29, 0.717) is 33.0 Å². The van der Waals surface area contributed by atoms with Crippen molar-refractivity contribution in [2.75, 3.05) is 18.8 Å². The van der Waals surface area contributed by atoms with Crippen LogP contribution in [0.2, 0.25) is 10.0 Å². The molecule has 0 amide bonds. The molecule has 0 spiro atoms. The molecule has 2 aromatic rings. The lowest BCUT2D eigenvalue weighted by Gasteiger charge is -2.23. The van der Waals surface area contributed by atoms with Crippen molar-refractivity contribution < 1.29 is 4.74 Å². The highest BCUT2D eigenvalue weighted by molar-refractivity contribution is 6.36. The van der Waals surface area contributed by atoms with Gasteiger partial charge in [0, 0.05) is 51.4 Å². The Morgan fingerprint density at radius 3 is 2.69 bits per heavy atom. The van der Waals surface area contributed by atoms with Crippen molar-refractivity contribution in [1.29, 1.82) is 5.41 Å². The monoisotopic (exact) mass is 433 g/mol. The van der Waals surface area contributed by atoms with Gasteiger partial charge in [0.15, 0.2) is 11.6 Å². The SMILES string of the molecule is CC(Oc1cc(/C(C=N)=C/NC2CCNCC2)cnc1N)c1c(Cl)cccc1Cl. The van der Waals surface area contributed by atoms with Crippen molar-refractivity contribution in [2.45, 2.75) is 31.9 Å². The second-order valence-corrected chi connectivity index (χ2v) is 7.75. The molecule has 0 saturated carbocycles.